The van der Waals surface area contributed by atoms with Crippen LogP contribution < -0.4 is 15.0 Å². The second-order valence-electron chi connectivity index (χ2n) is 6.71. The molecule has 0 aromatic heterocycles. The minimum atomic E-state index is 0.408. The van der Waals surface area contributed by atoms with Crippen molar-refractivity contribution in [2.75, 3.05) is 31.1 Å². The molecule has 1 N–H and O–H groups in total. The summed E-state index contributed by atoms with van der Waals surface area (Å²) in [5.74, 6) is 1.96. The van der Waals surface area contributed by atoms with Gasteiger partial charge in [-0.25, -0.2) is 0 Å². The number of anilines is 1. The van der Waals surface area contributed by atoms with Crippen LogP contribution in [0.25, 0.3) is 0 Å². The predicted octanol–water partition coefficient (Wildman–Crippen LogP) is 3.36. The van der Waals surface area contributed by atoms with Crippen LogP contribution in [0, 0.1) is 12.8 Å². The monoisotopic (exact) mass is 288 g/mol. The van der Waals surface area contributed by atoms with Gasteiger partial charge in [-0.15, -0.1) is 0 Å². The van der Waals surface area contributed by atoms with Gasteiger partial charge in [0.1, 0.15) is 5.75 Å². The highest BCUT2D eigenvalue weighted by molar-refractivity contribution is 5.60. The Morgan fingerprint density at radius 3 is 2.52 bits per heavy atom. The summed E-state index contributed by atoms with van der Waals surface area (Å²) in [5.41, 5.74) is 2.60. The first-order valence-corrected chi connectivity index (χ1v) is 8.45. The van der Waals surface area contributed by atoms with Gasteiger partial charge in [-0.05, 0) is 56.2 Å². The number of benzene rings is 1. The molecule has 0 bridgehead atoms. The van der Waals surface area contributed by atoms with Crippen LogP contribution in [-0.2, 0) is 0 Å². The first-order chi connectivity index (χ1) is 10.2. The molecule has 21 heavy (non-hydrogen) atoms. The van der Waals surface area contributed by atoms with Gasteiger partial charge in [0.25, 0.3) is 0 Å². The molecule has 0 unspecified atom stereocenters. The maximum absolute atomic E-state index is 6.38. The highest BCUT2D eigenvalue weighted by Crippen LogP contribution is 2.34. The van der Waals surface area contributed by atoms with E-state index in [0.29, 0.717) is 6.10 Å². The molecule has 3 rings (SSSR count). The zero-order valence-electron chi connectivity index (χ0n) is 13.4. The third-order valence-electron chi connectivity index (χ3n) is 4.83. The number of piperazine rings is 1. The summed E-state index contributed by atoms with van der Waals surface area (Å²) >= 11 is 0. The summed E-state index contributed by atoms with van der Waals surface area (Å²) < 4.78 is 6.38. The molecule has 1 saturated heterocycles. The van der Waals surface area contributed by atoms with Gasteiger partial charge in [-0.1, -0.05) is 13.0 Å². The molecule has 0 atom stereocenters. The molecule has 3 heteroatoms. The van der Waals surface area contributed by atoms with E-state index in [-0.39, 0.29) is 0 Å². The minimum absolute atomic E-state index is 0.408. The van der Waals surface area contributed by atoms with E-state index in [9.17, 15) is 0 Å². The van der Waals surface area contributed by atoms with Crippen LogP contribution in [0.5, 0.6) is 5.75 Å². The van der Waals surface area contributed by atoms with Crippen LogP contribution in [0.1, 0.15) is 38.2 Å². The quantitative estimate of drug-likeness (QED) is 0.923. The molecule has 1 aliphatic carbocycles. The van der Waals surface area contributed by atoms with Crippen molar-refractivity contribution in [3.63, 3.8) is 0 Å². The summed E-state index contributed by atoms with van der Waals surface area (Å²) in [7, 11) is 0. The molecule has 0 radical (unpaired) electrons. The lowest BCUT2D eigenvalue weighted by Crippen LogP contribution is -2.43. The third kappa shape index (κ3) is 3.70. The van der Waals surface area contributed by atoms with Crippen molar-refractivity contribution in [2.45, 2.75) is 45.6 Å². The van der Waals surface area contributed by atoms with Crippen molar-refractivity contribution in [3.8, 4) is 5.75 Å². The molecule has 0 amide bonds. The summed E-state index contributed by atoms with van der Waals surface area (Å²) in [6.45, 7) is 8.79. The van der Waals surface area contributed by atoms with E-state index in [1.165, 1.54) is 36.9 Å². The zero-order valence-corrected chi connectivity index (χ0v) is 13.4. The maximum Gasteiger partial charge on any atom is 0.143 e. The van der Waals surface area contributed by atoms with Crippen LogP contribution in [0.3, 0.4) is 0 Å². The predicted molar refractivity (Wildman–Crippen MR) is 88.3 cm³/mol. The highest BCUT2D eigenvalue weighted by Gasteiger charge is 2.22. The highest BCUT2D eigenvalue weighted by atomic mass is 16.5. The smallest absolute Gasteiger partial charge is 0.143 e. The normalized spacial score (nSPS) is 26.7. The summed E-state index contributed by atoms with van der Waals surface area (Å²) in [6, 6.07) is 6.63. The Balaban J connectivity index is 1.74. The summed E-state index contributed by atoms with van der Waals surface area (Å²) in [4.78, 5) is 2.46. The van der Waals surface area contributed by atoms with Crippen molar-refractivity contribution < 1.29 is 4.74 Å². The van der Waals surface area contributed by atoms with Gasteiger partial charge in [0.15, 0.2) is 0 Å². The van der Waals surface area contributed by atoms with E-state index in [1.54, 1.807) is 0 Å². The fourth-order valence-corrected chi connectivity index (χ4v) is 3.41. The van der Waals surface area contributed by atoms with E-state index in [2.05, 4.69) is 42.3 Å². The van der Waals surface area contributed by atoms with Gasteiger partial charge in [-0.3, -0.25) is 0 Å². The first-order valence-electron chi connectivity index (χ1n) is 8.45. The van der Waals surface area contributed by atoms with Crippen molar-refractivity contribution in [3.05, 3.63) is 23.8 Å². The molecule has 2 aliphatic rings. The van der Waals surface area contributed by atoms with Crippen LogP contribution in [0.2, 0.25) is 0 Å². The number of ether oxygens (including phenoxy) is 1. The van der Waals surface area contributed by atoms with Crippen LogP contribution in [0.4, 0.5) is 5.69 Å². The minimum Gasteiger partial charge on any atom is -0.488 e. The summed E-state index contributed by atoms with van der Waals surface area (Å²) in [6.07, 6.45) is 5.43. The van der Waals surface area contributed by atoms with E-state index < -0.39 is 0 Å². The number of aryl methyl sites for hydroxylation is 1. The van der Waals surface area contributed by atoms with Crippen LogP contribution in [-0.4, -0.2) is 32.3 Å². The van der Waals surface area contributed by atoms with Crippen molar-refractivity contribution >= 4 is 5.69 Å². The molecule has 0 spiro atoms. The average molecular weight is 288 g/mol. The topological polar surface area (TPSA) is 24.5 Å². The average Bonchev–Trinajstić information content (AvgIpc) is 2.52. The lowest BCUT2D eigenvalue weighted by Gasteiger charge is -2.33. The number of nitrogens with one attached hydrogen (secondary N) is 1. The molecule has 1 aromatic carbocycles. The Hall–Kier alpha value is -1.22. The van der Waals surface area contributed by atoms with Gasteiger partial charge in [0.2, 0.25) is 0 Å². The van der Waals surface area contributed by atoms with Gasteiger partial charge in [0.05, 0.1) is 11.8 Å². The van der Waals surface area contributed by atoms with Crippen LogP contribution in [0.15, 0.2) is 18.2 Å². The Morgan fingerprint density at radius 2 is 1.81 bits per heavy atom. The Bertz CT molecular complexity index is 460. The molecule has 2 fully saturated rings. The van der Waals surface area contributed by atoms with E-state index in [4.69, 9.17) is 4.74 Å². The first kappa shape index (κ1) is 14.7. The molecule has 1 saturated carbocycles. The number of nitrogens with zero attached hydrogens (tertiary/aromatic N) is 1. The number of hydrogen-bond donors (Lipinski definition) is 1. The largest absolute Gasteiger partial charge is 0.488 e. The van der Waals surface area contributed by atoms with Crippen LogP contribution >= 0.6 is 0 Å². The number of hydrogen-bond acceptors (Lipinski definition) is 3. The maximum atomic E-state index is 6.38. The molecular formula is C18H28N2O. The van der Waals surface area contributed by atoms with Gasteiger partial charge >= 0.3 is 0 Å². The second kappa shape index (κ2) is 6.69. The Morgan fingerprint density at radius 1 is 1.10 bits per heavy atom. The van der Waals surface area contributed by atoms with E-state index in [0.717, 1.165) is 37.8 Å². The molecule has 1 aliphatic heterocycles. The molecule has 3 nitrogen and oxygen atoms in total. The standard InChI is InChI=1S/C18H28N2O/c1-14-3-6-16(7-4-14)21-18-8-5-15(2)13-17(18)20-11-9-19-10-12-20/h5,8,13-14,16,19H,3-4,6-7,9-12H2,1-2H3. The third-order valence-corrected chi connectivity index (χ3v) is 4.83. The fourth-order valence-electron chi connectivity index (χ4n) is 3.41. The molecule has 1 heterocycles. The van der Waals surface area contributed by atoms with Crippen molar-refractivity contribution in [1.82, 2.24) is 5.32 Å². The zero-order chi connectivity index (χ0) is 14.7. The number of rotatable bonds is 3. The molecule has 116 valence electrons. The lowest BCUT2D eigenvalue weighted by atomic mass is 9.89. The molecule has 1 aromatic rings. The second-order valence-corrected chi connectivity index (χ2v) is 6.71. The fraction of sp³-hybridized carbons (Fsp3) is 0.667. The van der Waals surface area contributed by atoms with Gasteiger partial charge in [0, 0.05) is 26.2 Å². The Labute approximate surface area is 128 Å². The van der Waals surface area contributed by atoms with E-state index in [1.807, 2.05) is 0 Å². The van der Waals surface area contributed by atoms with Crippen molar-refractivity contribution in [2.24, 2.45) is 5.92 Å². The van der Waals surface area contributed by atoms with Gasteiger partial charge < -0.3 is 15.0 Å². The SMILES string of the molecule is Cc1ccc(OC2CCC(C)CC2)c(N2CCNCC2)c1. The van der Waals surface area contributed by atoms with Gasteiger partial charge in [-0.2, -0.15) is 0 Å². The lowest BCUT2D eigenvalue weighted by molar-refractivity contribution is 0.136. The van der Waals surface area contributed by atoms with E-state index >= 15 is 0 Å². The van der Waals surface area contributed by atoms with Crippen molar-refractivity contribution in [1.29, 1.82) is 0 Å². The molecular weight excluding hydrogens is 260 g/mol. The summed E-state index contributed by atoms with van der Waals surface area (Å²) in [5, 5.41) is 3.42. The Kier molecular flexibility index (Phi) is 4.69.